The average molecular weight is 288 g/mol. The molecule has 20 heavy (non-hydrogen) atoms. The molecule has 1 aromatic carbocycles. The zero-order valence-electron chi connectivity index (χ0n) is 11.5. The SMILES string of the molecule is COc1ccc(-c2nc(=S)c3c([nH]2)CCC3)cc1OC. The largest absolute Gasteiger partial charge is 0.493 e. The first-order chi connectivity index (χ1) is 9.72. The van der Waals surface area contributed by atoms with Crippen LogP contribution in [0.15, 0.2) is 18.2 Å². The Bertz CT molecular complexity index is 710. The van der Waals surface area contributed by atoms with Crippen LogP contribution in [0.4, 0.5) is 0 Å². The number of fused-ring (bicyclic) bond motifs is 1. The second-order valence-electron chi connectivity index (χ2n) is 4.77. The van der Waals surface area contributed by atoms with E-state index in [1.807, 2.05) is 18.2 Å². The zero-order valence-corrected chi connectivity index (χ0v) is 12.3. The number of hydrogen-bond donors (Lipinski definition) is 1. The molecule has 3 rings (SSSR count). The van der Waals surface area contributed by atoms with Crippen LogP contribution in [-0.2, 0) is 12.8 Å². The van der Waals surface area contributed by atoms with E-state index in [1.165, 1.54) is 11.3 Å². The lowest BCUT2D eigenvalue weighted by Crippen LogP contribution is -1.98. The van der Waals surface area contributed by atoms with Crippen LogP contribution in [0.2, 0.25) is 0 Å². The molecular formula is C15H16N2O2S. The van der Waals surface area contributed by atoms with Crippen molar-refractivity contribution in [3.05, 3.63) is 34.1 Å². The van der Waals surface area contributed by atoms with Crippen molar-refractivity contribution in [3.8, 4) is 22.9 Å². The van der Waals surface area contributed by atoms with E-state index in [0.29, 0.717) is 16.1 Å². The van der Waals surface area contributed by atoms with Gasteiger partial charge in [-0.1, -0.05) is 12.2 Å². The highest BCUT2D eigenvalue weighted by Gasteiger charge is 2.16. The summed E-state index contributed by atoms with van der Waals surface area (Å²) in [5.41, 5.74) is 3.36. The maximum absolute atomic E-state index is 5.39. The van der Waals surface area contributed by atoms with Gasteiger partial charge in [-0.3, -0.25) is 0 Å². The van der Waals surface area contributed by atoms with Gasteiger partial charge in [-0.15, -0.1) is 0 Å². The Hall–Kier alpha value is -1.88. The summed E-state index contributed by atoms with van der Waals surface area (Å²) >= 11 is 5.39. The van der Waals surface area contributed by atoms with Crippen LogP contribution in [0.1, 0.15) is 17.7 Å². The van der Waals surface area contributed by atoms with E-state index in [2.05, 4.69) is 9.97 Å². The summed E-state index contributed by atoms with van der Waals surface area (Å²) in [6.45, 7) is 0. The summed E-state index contributed by atoms with van der Waals surface area (Å²) in [5, 5.41) is 0. The molecule has 0 saturated carbocycles. The van der Waals surface area contributed by atoms with E-state index in [1.54, 1.807) is 14.2 Å². The number of rotatable bonds is 3. The molecule has 0 radical (unpaired) electrons. The van der Waals surface area contributed by atoms with Gasteiger partial charge in [0.1, 0.15) is 10.5 Å². The van der Waals surface area contributed by atoms with Gasteiger partial charge in [-0.2, -0.15) is 0 Å². The van der Waals surface area contributed by atoms with Gasteiger partial charge < -0.3 is 14.5 Å². The Balaban J connectivity index is 2.10. The summed E-state index contributed by atoms with van der Waals surface area (Å²) in [6.07, 6.45) is 3.22. The fourth-order valence-electron chi connectivity index (χ4n) is 2.58. The standard InChI is InChI=1S/C15H16N2O2S/c1-18-12-7-6-9(8-13(12)19-2)14-16-11-5-3-4-10(11)15(20)17-14/h6-8H,3-5H2,1-2H3,(H,16,17,20). The lowest BCUT2D eigenvalue weighted by Gasteiger charge is -2.10. The maximum atomic E-state index is 5.39. The molecule has 0 saturated heterocycles. The van der Waals surface area contributed by atoms with Gasteiger partial charge in [0.25, 0.3) is 0 Å². The fourth-order valence-corrected chi connectivity index (χ4v) is 2.89. The number of benzene rings is 1. The number of nitrogens with one attached hydrogen (secondary N) is 1. The van der Waals surface area contributed by atoms with Crippen molar-refractivity contribution in [1.29, 1.82) is 0 Å². The second kappa shape index (κ2) is 5.25. The van der Waals surface area contributed by atoms with Gasteiger partial charge in [0.15, 0.2) is 11.5 Å². The molecule has 1 aliphatic carbocycles. The normalized spacial score (nSPS) is 13.1. The van der Waals surface area contributed by atoms with Crippen LogP contribution in [0.5, 0.6) is 11.5 Å². The number of methoxy groups -OCH3 is 2. The van der Waals surface area contributed by atoms with Crippen LogP contribution in [0, 0.1) is 4.64 Å². The number of H-pyrrole nitrogens is 1. The van der Waals surface area contributed by atoms with Crippen LogP contribution >= 0.6 is 12.2 Å². The predicted molar refractivity (Wildman–Crippen MR) is 80.0 cm³/mol. The Kier molecular flexibility index (Phi) is 3.44. The highest BCUT2D eigenvalue weighted by molar-refractivity contribution is 7.71. The fraction of sp³-hybridized carbons (Fsp3) is 0.333. The Morgan fingerprint density at radius 3 is 2.70 bits per heavy atom. The zero-order chi connectivity index (χ0) is 14.1. The molecule has 0 bridgehead atoms. The van der Waals surface area contributed by atoms with E-state index in [4.69, 9.17) is 21.7 Å². The molecular weight excluding hydrogens is 272 g/mol. The summed E-state index contributed by atoms with van der Waals surface area (Å²) in [7, 11) is 3.25. The van der Waals surface area contributed by atoms with E-state index in [-0.39, 0.29) is 0 Å². The minimum atomic E-state index is 0.687. The predicted octanol–water partition coefficient (Wildman–Crippen LogP) is 3.31. The summed E-state index contributed by atoms with van der Waals surface area (Å²) in [4.78, 5) is 7.91. The van der Waals surface area contributed by atoms with Crippen molar-refractivity contribution in [2.24, 2.45) is 0 Å². The van der Waals surface area contributed by atoms with Gasteiger partial charge in [0, 0.05) is 16.8 Å². The van der Waals surface area contributed by atoms with E-state index in [0.717, 1.165) is 30.7 Å². The molecule has 0 amide bonds. The van der Waals surface area contributed by atoms with Crippen molar-refractivity contribution in [2.75, 3.05) is 14.2 Å². The topological polar surface area (TPSA) is 47.1 Å². The summed E-state index contributed by atoms with van der Waals surface area (Å²) in [5.74, 6) is 2.18. The van der Waals surface area contributed by atoms with Crippen molar-refractivity contribution in [1.82, 2.24) is 9.97 Å². The third-order valence-electron chi connectivity index (χ3n) is 3.62. The van der Waals surface area contributed by atoms with Crippen LogP contribution in [0.3, 0.4) is 0 Å². The highest BCUT2D eigenvalue weighted by atomic mass is 32.1. The molecule has 0 fully saturated rings. The Labute approximate surface area is 122 Å². The van der Waals surface area contributed by atoms with E-state index < -0.39 is 0 Å². The third kappa shape index (κ3) is 2.18. The van der Waals surface area contributed by atoms with Gasteiger partial charge in [0.2, 0.25) is 0 Å². The molecule has 1 N–H and O–H groups in total. The number of aromatic amines is 1. The highest BCUT2D eigenvalue weighted by Crippen LogP contribution is 2.32. The minimum Gasteiger partial charge on any atom is -0.493 e. The number of hydrogen-bond acceptors (Lipinski definition) is 4. The minimum absolute atomic E-state index is 0.687. The van der Waals surface area contributed by atoms with Crippen LogP contribution in [-0.4, -0.2) is 24.2 Å². The van der Waals surface area contributed by atoms with E-state index >= 15 is 0 Å². The first kappa shape index (κ1) is 13.1. The molecule has 0 spiro atoms. The molecule has 2 aromatic rings. The monoisotopic (exact) mass is 288 g/mol. The molecule has 1 aliphatic rings. The van der Waals surface area contributed by atoms with E-state index in [9.17, 15) is 0 Å². The molecule has 1 heterocycles. The number of aromatic nitrogens is 2. The molecule has 0 unspecified atom stereocenters. The van der Waals surface area contributed by atoms with Crippen molar-refractivity contribution in [2.45, 2.75) is 19.3 Å². The van der Waals surface area contributed by atoms with Gasteiger partial charge >= 0.3 is 0 Å². The van der Waals surface area contributed by atoms with Crippen molar-refractivity contribution < 1.29 is 9.47 Å². The molecule has 0 atom stereocenters. The Morgan fingerprint density at radius 2 is 1.95 bits per heavy atom. The van der Waals surface area contributed by atoms with Gasteiger partial charge in [-0.05, 0) is 37.5 Å². The molecule has 1 aromatic heterocycles. The quantitative estimate of drug-likeness (QED) is 0.880. The number of aryl methyl sites for hydroxylation is 1. The second-order valence-corrected chi connectivity index (χ2v) is 5.16. The molecule has 104 valence electrons. The Morgan fingerprint density at radius 1 is 1.15 bits per heavy atom. The van der Waals surface area contributed by atoms with Crippen molar-refractivity contribution >= 4 is 12.2 Å². The molecule has 0 aliphatic heterocycles. The maximum Gasteiger partial charge on any atom is 0.161 e. The van der Waals surface area contributed by atoms with Crippen molar-refractivity contribution in [3.63, 3.8) is 0 Å². The molecule has 5 heteroatoms. The lowest BCUT2D eigenvalue weighted by atomic mass is 10.1. The van der Waals surface area contributed by atoms with Gasteiger partial charge in [0.05, 0.1) is 14.2 Å². The van der Waals surface area contributed by atoms with Crippen LogP contribution in [0.25, 0.3) is 11.4 Å². The first-order valence-electron chi connectivity index (χ1n) is 6.57. The molecule has 4 nitrogen and oxygen atoms in total. The lowest BCUT2D eigenvalue weighted by molar-refractivity contribution is 0.355. The number of ether oxygens (including phenoxy) is 2. The summed E-state index contributed by atoms with van der Waals surface area (Å²) < 4.78 is 11.3. The summed E-state index contributed by atoms with van der Waals surface area (Å²) in [6, 6.07) is 5.74. The van der Waals surface area contributed by atoms with Gasteiger partial charge in [-0.25, -0.2) is 4.98 Å². The number of nitrogens with zero attached hydrogens (tertiary/aromatic N) is 1. The average Bonchev–Trinajstić information content (AvgIpc) is 2.95. The third-order valence-corrected chi connectivity index (χ3v) is 3.95. The van der Waals surface area contributed by atoms with Crippen LogP contribution < -0.4 is 9.47 Å². The smallest absolute Gasteiger partial charge is 0.161 e. The first-order valence-corrected chi connectivity index (χ1v) is 6.98.